The van der Waals surface area contributed by atoms with Crippen LogP contribution in [-0.4, -0.2) is 57.5 Å². The summed E-state index contributed by atoms with van der Waals surface area (Å²) in [6, 6.07) is 11.0. The van der Waals surface area contributed by atoms with Gasteiger partial charge in [0.25, 0.3) is 0 Å². The van der Waals surface area contributed by atoms with E-state index in [0.29, 0.717) is 41.6 Å². The van der Waals surface area contributed by atoms with Gasteiger partial charge in [-0.25, -0.2) is 0 Å². The van der Waals surface area contributed by atoms with Gasteiger partial charge in [-0.05, 0) is 41.8 Å². The lowest BCUT2D eigenvalue weighted by Crippen LogP contribution is -2.43. The van der Waals surface area contributed by atoms with Gasteiger partial charge < -0.3 is 33.9 Å². The standard InChI is InChI=1S/C22H28O7/c1-25-17-7-5-14(10-19(17)27-3)9-16-12-29-21(22(16,24)13-23)15-6-8-18(26-2)20(11-15)28-4/h5-8,10-11,16,21,23-24H,9,12-13H2,1-4H3/t16-,21+,22+/m0/s1. The van der Waals surface area contributed by atoms with Crippen LogP contribution in [0.25, 0.3) is 0 Å². The Balaban J connectivity index is 1.86. The second-order valence-electron chi connectivity index (χ2n) is 7.07. The zero-order valence-electron chi connectivity index (χ0n) is 17.2. The summed E-state index contributed by atoms with van der Waals surface area (Å²) in [5.41, 5.74) is 0.234. The van der Waals surface area contributed by atoms with Crippen molar-refractivity contribution < 1.29 is 33.9 Å². The molecule has 1 aliphatic heterocycles. The normalized spacial score (nSPS) is 23.7. The van der Waals surface area contributed by atoms with Crippen LogP contribution >= 0.6 is 0 Å². The van der Waals surface area contributed by atoms with Crippen LogP contribution in [0.1, 0.15) is 17.2 Å². The van der Waals surface area contributed by atoms with E-state index in [1.807, 2.05) is 24.3 Å². The lowest BCUT2D eigenvalue weighted by molar-refractivity contribution is -0.0882. The fraction of sp³-hybridized carbons (Fsp3) is 0.455. The minimum absolute atomic E-state index is 0.302. The minimum Gasteiger partial charge on any atom is -0.493 e. The highest BCUT2D eigenvalue weighted by atomic mass is 16.5. The van der Waals surface area contributed by atoms with Crippen molar-refractivity contribution in [2.75, 3.05) is 41.7 Å². The number of hydrogen-bond donors (Lipinski definition) is 2. The Morgan fingerprint density at radius 3 is 2.07 bits per heavy atom. The number of benzene rings is 2. The van der Waals surface area contributed by atoms with Crippen molar-refractivity contribution in [3.05, 3.63) is 47.5 Å². The molecule has 2 aromatic carbocycles. The average Bonchev–Trinajstić information content (AvgIpc) is 3.09. The second kappa shape index (κ2) is 8.90. The Morgan fingerprint density at radius 1 is 0.897 bits per heavy atom. The number of rotatable bonds is 8. The van der Waals surface area contributed by atoms with E-state index in [2.05, 4.69) is 0 Å². The van der Waals surface area contributed by atoms with Gasteiger partial charge in [-0.1, -0.05) is 12.1 Å². The topological polar surface area (TPSA) is 86.6 Å². The summed E-state index contributed by atoms with van der Waals surface area (Å²) >= 11 is 0. The molecule has 0 aromatic heterocycles. The van der Waals surface area contributed by atoms with Crippen molar-refractivity contribution in [2.45, 2.75) is 18.1 Å². The van der Waals surface area contributed by atoms with Gasteiger partial charge in [-0.2, -0.15) is 0 Å². The largest absolute Gasteiger partial charge is 0.493 e. The van der Waals surface area contributed by atoms with E-state index in [4.69, 9.17) is 23.7 Å². The molecule has 0 radical (unpaired) electrons. The second-order valence-corrected chi connectivity index (χ2v) is 7.07. The predicted molar refractivity (Wildman–Crippen MR) is 107 cm³/mol. The Labute approximate surface area is 170 Å². The van der Waals surface area contributed by atoms with Gasteiger partial charge in [0.05, 0.1) is 41.7 Å². The molecule has 29 heavy (non-hydrogen) atoms. The maximum absolute atomic E-state index is 11.3. The molecule has 3 rings (SSSR count). The van der Waals surface area contributed by atoms with Crippen LogP contribution in [-0.2, 0) is 11.2 Å². The molecule has 3 atom stereocenters. The Hall–Kier alpha value is -2.48. The highest BCUT2D eigenvalue weighted by Crippen LogP contribution is 2.45. The summed E-state index contributed by atoms with van der Waals surface area (Å²) in [5, 5.41) is 21.4. The summed E-state index contributed by atoms with van der Waals surface area (Å²) in [6.45, 7) is -0.117. The summed E-state index contributed by atoms with van der Waals surface area (Å²) in [4.78, 5) is 0. The summed E-state index contributed by atoms with van der Waals surface area (Å²) < 4.78 is 27.2. The van der Waals surface area contributed by atoms with E-state index in [-0.39, 0.29) is 5.92 Å². The Morgan fingerprint density at radius 2 is 1.48 bits per heavy atom. The Bertz CT molecular complexity index is 838. The van der Waals surface area contributed by atoms with Crippen molar-refractivity contribution in [3.8, 4) is 23.0 Å². The number of hydrogen-bond acceptors (Lipinski definition) is 7. The van der Waals surface area contributed by atoms with Crippen LogP contribution in [0.4, 0.5) is 0 Å². The molecule has 0 spiro atoms. The fourth-order valence-electron chi connectivity index (χ4n) is 3.86. The first kappa shape index (κ1) is 21.2. The number of aliphatic hydroxyl groups is 2. The molecule has 2 aromatic rings. The van der Waals surface area contributed by atoms with Gasteiger partial charge in [0, 0.05) is 5.92 Å². The van der Waals surface area contributed by atoms with Gasteiger partial charge in [0.15, 0.2) is 23.0 Å². The van der Waals surface area contributed by atoms with E-state index in [1.54, 1.807) is 40.6 Å². The quantitative estimate of drug-likeness (QED) is 0.699. The van der Waals surface area contributed by atoms with Crippen molar-refractivity contribution in [2.24, 2.45) is 5.92 Å². The lowest BCUT2D eigenvalue weighted by Gasteiger charge is -2.32. The zero-order chi connectivity index (χ0) is 21.0. The van der Waals surface area contributed by atoms with Crippen LogP contribution in [0.5, 0.6) is 23.0 Å². The highest BCUT2D eigenvalue weighted by Gasteiger charge is 2.50. The highest BCUT2D eigenvalue weighted by molar-refractivity contribution is 5.45. The van der Waals surface area contributed by atoms with Gasteiger partial charge in [-0.3, -0.25) is 0 Å². The van der Waals surface area contributed by atoms with Crippen LogP contribution in [0.3, 0.4) is 0 Å². The maximum atomic E-state index is 11.3. The lowest BCUT2D eigenvalue weighted by atomic mass is 9.80. The molecule has 0 unspecified atom stereocenters. The van der Waals surface area contributed by atoms with E-state index in [0.717, 1.165) is 5.56 Å². The number of aliphatic hydroxyl groups excluding tert-OH is 1. The third-order valence-corrected chi connectivity index (χ3v) is 5.52. The van der Waals surface area contributed by atoms with Crippen LogP contribution in [0.2, 0.25) is 0 Å². The summed E-state index contributed by atoms with van der Waals surface area (Å²) in [6.07, 6.45) is -0.168. The molecule has 0 amide bonds. The first-order valence-corrected chi connectivity index (χ1v) is 9.38. The van der Waals surface area contributed by atoms with Crippen molar-refractivity contribution in [1.29, 1.82) is 0 Å². The molecular weight excluding hydrogens is 376 g/mol. The van der Waals surface area contributed by atoms with Gasteiger partial charge >= 0.3 is 0 Å². The molecule has 0 aliphatic carbocycles. The van der Waals surface area contributed by atoms with Gasteiger partial charge in [0.1, 0.15) is 11.7 Å². The first-order chi connectivity index (χ1) is 14.0. The fourth-order valence-corrected chi connectivity index (χ4v) is 3.86. The van der Waals surface area contributed by atoms with E-state index in [9.17, 15) is 10.2 Å². The number of ether oxygens (including phenoxy) is 5. The first-order valence-electron chi connectivity index (χ1n) is 9.38. The molecule has 0 bridgehead atoms. The predicted octanol–water partition coefficient (Wildman–Crippen LogP) is 2.37. The van der Waals surface area contributed by atoms with E-state index >= 15 is 0 Å². The third kappa shape index (κ3) is 3.99. The Kier molecular flexibility index (Phi) is 6.52. The molecule has 1 heterocycles. The van der Waals surface area contributed by atoms with Crippen molar-refractivity contribution >= 4 is 0 Å². The minimum atomic E-state index is -1.44. The summed E-state index contributed by atoms with van der Waals surface area (Å²) in [5.74, 6) is 2.08. The molecule has 7 heteroatoms. The molecule has 2 N–H and O–H groups in total. The van der Waals surface area contributed by atoms with E-state index in [1.165, 1.54) is 0 Å². The number of methoxy groups -OCH3 is 4. The SMILES string of the molecule is COc1ccc(C[C@H]2CO[C@H](c3ccc(OC)c(OC)c3)[C@@]2(O)CO)cc1OC. The smallest absolute Gasteiger partial charge is 0.161 e. The van der Waals surface area contributed by atoms with Crippen LogP contribution < -0.4 is 18.9 Å². The molecular formula is C22H28O7. The molecule has 1 aliphatic rings. The zero-order valence-corrected chi connectivity index (χ0v) is 17.2. The molecule has 1 fully saturated rings. The van der Waals surface area contributed by atoms with Crippen LogP contribution in [0, 0.1) is 5.92 Å². The molecule has 7 nitrogen and oxygen atoms in total. The van der Waals surface area contributed by atoms with E-state index < -0.39 is 18.3 Å². The van der Waals surface area contributed by atoms with Gasteiger partial charge in [0.2, 0.25) is 0 Å². The summed E-state index contributed by atoms with van der Waals surface area (Å²) in [7, 11) is 6.28. The van der Waals surface area contributed by atoms with Crippen molar-refractivity contribution in [3.63, 3.8) is 0 Å². The molecule has 0 saturated carbocycles. The maximum Gasteiger partial charge on any atom is 0.161 e. The monoisotopic (exact) mass is 404 g/mol. The van der Waals surface area contributed by atoms with Crippen LogP contribution in [0.15, 0.2) is 36.4 Å². The average molecular weight is 404 g/mol. The third-order valence-electron chi connectivity index (χ3n) is 5.52. The van der Waals surface area contributed by atoms with Gasteiger partial charge in [-0.15, -0.1) is 0 Å². The molecule has 1 saturated heterocycles. The van der Waals surface area contributed by atoms with Crippen molar-refractivity contribution in [1.82, 2.24) is 0 Å². The molecule has 158 valence electrons.